The van der Waals surface area contributed by atoms with Crippen LogP contribution in [0.1, 0.15) is 18.3 Å². The molecule has 1 heterocycles. The van der Waals surface area contributed by atoms with E-state index < -0.39 is 0 Å². The summed E-state index contributed by atoms with van der Waals surface area (Å²) in [6, 6.07) is 6.08. The molecule has 0 spiro atoms. The van der Waals surface area contributed by atoms with Gasteiger partial charge in [-0.25, -0.2) is 4.98 Å². The highest BCUT2D eigenvalue weighted by molar-refractivity contribution is 7.93. The number of aryl methyl sites for hydroxylation is 1. The lowest BCUT2D eigenvalue weighted by molar-refractivity contribution is 0.926. The Labute approximate surface area is 86.2 Å². The molecule has 0 bridgehead atoms. The molecule has 2 nitrogen and oxygen atoms in total. The van der Waals surface area contributed by atoms with Gasteiger partial charge in [0.25, 0.3) is 0 Å². The van der Waals surface area contributed by atoms with Gasteiger partial charge in [-0.1, -0.05) is 13.0 Å². The first-order valence-corrected chi connectivity index (χ1v) is 5.43. The number of aromatic amines is 1. The summed E-state index contributed by atoms with van der Waals surface area (Å²) in [5, 5.41) is 0. The first-order chi connectivity index (χ1) is 6.83. The van der Waals surface area contributed by atoms with E-state index in [1.165, 1.54) is 5.56 Å². The van der Waals surface area contributed by atoms with Gasteiger partial charge in [0.2, 0.25) is 0 Å². The summed E-state index contributed by atoms with van der Waals surface area (Å²) in [5.41, 5.74) is 3.17. The minimum Gasteiger partial charge on any atom is -0.341 e. The summed E-state index contributed by atoms with van der Waals surface area (Å²) in [6.07, 6.45) is 1.00. The van der Waals surface area contributed by atoms with Crippen molar-refractivity contribution in [2.45, 2.75) is 19.1 Å². The number of halogens is 1. The number of rotatable bonds is 3. The minimum absolute atomic E-state index is 0.286. The standard InChI is InChI=1S/C10H11FN2S/c1-2-7-3-4-8-9(5-7)13-10(12-8)6-14-11/h3-5H,2,6H2,1H3,(H,12,13). The highest BCUT2D eigenvalue weighted by atomic mass is 32.2. The van der Waals surface area contributed by atoms with Gasteiger partial charge < -0.3 is 4.98 Å². The Balaban J connectivity index is 2.43. The van der Waals surface area contributed by atoms with Crippen LogP contribution in [0.25, 0.3) is 11.0 Å². The number of nitrogens with one attached hydrogen (secondary N) is 1. The normalized spacial score (nSPS) is 11.0. The van der Waals surface area contributed by atoms with Gasteiger partial charge in [0.1, 0.15) is 5.82 Å². The van der Waals surface area contributed by atoms with Crippen LogP contribution in [0.5, 0.6) is 0 Å². The van der Waals surface area contributed by atoms with Crippen molar-refractivity contribution in [1.29, 1.82) is 0 Å². The smallest absolute Gasteiger partial charge is 0.119 e. The SMILES string of the molecule is CCc1ccc2nc(CSF)[nH]c2c1. The number of imidazole rings is 1. The summed E-state index contributed by atoms with van der Waals surface area (Å²) in [6.45, 7) is 2.11. The predicted octanol–water partition coefficient (Wildman–Crippen LogP) is 3.24. The summed E-state index contributed by atoms with van der Waals surface area (Å²) in [5.74, 6) is 0.983. The van der Waals surface area contributed by atoms with Crippen molar-refractivity contribution in [3.63, 3.8) is 0 Å². The van der Waals surface area contributed by atoms with Crippen LogP contribution < -0.4 is 0 Å². The van der Waals surface area contributed by atoms with Gasteiger partial charge in [-0.2, -0.15) is 3.89 Å². The van der Waals surface area contributed by atoms with Gasteiger partial charge in [-0.15, -0.1) is 0 Å². The van der Waals surface area contributed by atoms with E-state index in [1.807, 2.05) is 6.07 Å². The first kappa shape index (κ1) is 9.52. The average molecular weight is 210 g/mol. The van der Waals surface area contributed by atoms with Crippen LogP contribution in [0.2, 0.25) is 0 Å². The lowest BCUT2D eigenvalue weighted by Gasteiger charge is -1.93. The lowest BCUT2D eigenvalue weighted by atomic mass is 10.1. The van der Waals surface area contributed by atoms with Crippen molar-refractivity contribution in [3.8, 4) is 0 Å². The third kappa shape index (κ3) is 1.75. The number of hydrogen-bond acceptors (Lipinski definition) is 2. The number of aromatic nitrogens is 2. The molecule has 14 heavy (non-hydrogen) atoms. The van der Waals surface area contributed by atoms with Gasteiger partial charge in [-0.3, -0.25) is 0 Å². The molecule has 2 aromatic rings. The van der Waals surface area contributed by atoms with Crippen molar-refractivity contribution >= 4 is 23.2 Å². The maximum absolute atomic E-state index is 12.0. The van der Waals surface area contributed by atoms with E-state index in [0.29, 0.717) is 5.82 Å². The Hall–Kier alpha value is -1.03. The van der Waals surface area contributed by atoms with E-state index >= 15 is 0 Å². The van der Waals surface area contributed by atoms with E-state index in [0.717, 1.165) is 17.5 Å². The van der Waals surface area contributed by atoms with Gasteiger partial charge in [0.05, 0.1) is 28.9 Å². The highest BCUT2D eigenvalue weighted by Crippen LogP contribution is 2.17. The third-order valence-corrected chi connectivity index (χ3v) is 2.58. The molecule has 1 aromatic carbocycles. The van der Waals surface area contributed by atoms with E-state index in [4.69, 9.17) is 0 Å². The van der Waals surface area contributed by atoms with Crippen LogP contribution in [0.3, 0.4) is 0 Å². The zero-order chi connectivity index (χ0) is 9.97. The molecule has 0 amide bonds. The van der Waals surface area contributed by atoms with E-state index in [1.54, 1.807) is 0 Å². The van der Waals surface area contributed by atoms with Gasteiger partial charge in [0, 0.05) is 0 Å². The van der Waals surface area contributed by atoms with Crippen LogP contribution in [-0.4, -0.2) is 9.97 Å². The number of hydrogen-bond donors (Lipinski definition) is 1. The summed E-state index contributed by atoms with van der Waals surface area (Å²) < 4.78 is 12.0. The van der Waals surface area contributed by atoms with Gasteiger partial charge >= 0.3 is 0 Å². The molecule has 1 aromatic heterocycles. The van der Waals surface area contributed by atoms with Crippen molar-refractivity contribution < 1.29 is 3.89 Å². The molecule has 0 saturated heterocycles. The third-order valence-electron chi connectivity index (χ3n) is 2.19. The zero-order valence-corrected chi connectivity index (χ0v) is 8.70. The van der Waals surface area contributed by atoms with E-state index in [-0.39, 0.29) is 17.9 Å². The second-order valence-electron chi connectivity index (χ2n) is 3.14. The fourth-order valence-corrected chi connectivity index (χ4v) is 1.69. The average Bonchev–Trinajstić information content (AvgIpc) is 2.59. The molecular formula is C10H11FN2S. The Morgan fingerprint density at radius 3 is 3.07 bits per heavy atom. The van der Waals surface area contributed by atoms with Gasteiger partial charge in [-0.05, 0) is 24.1 Å². The molecule has 0 aliphatic rings. The van der Waals surface area contributed by atoms with Crippen LogP contribution in [0, 0.1) is 0 Å². The maximum atomic E-state index is 12.0. The van der Waals surface area contributed by atoms with Crippen LogP contribution in [0.4, 0.5) is 3.89 Å². The molecule has 0 fully saturated rings. The molecule has 0 aliphatic heterocycles. The summed E-state index contributed by atoms with van der Waals surface area (Å²) in [7, 11) is 0. The molecular weight excluding hydrogens is 199 g/mol. The Morgan fingerprint density at radius 1 is 1.50 bits per heavy atom. The van der Waals surface area contributed by atoms with Crippen LogP contribution in [0.15, 0.2) is 18.2 Å². The monoisotopic (exact) mass is 210 g/mol. The highest BCUT2D eigenvalue weighted by Gasteiger charge is 2.02. The van der Waals surface area contributed by atoms with Crippen molar-refractivity contribution in [2.24, 2.45) is 0 Å². The zero-order valence-electron chi connectivity index (χ0n) is 7.88. The van der Waals surface area contributed by atoms with E-state index in [9.17, 15) is 3.89 Å². The quantitative estimate of drug-likeness (QED) is 0.842. The molecule has 74 valence electrons. The molecule has 0 unspecified atom stereocenters. The summed E-state index contributed by atoms with van der Waals surface area (Å²) in [4.78, 5) is 7.36. The van der Waals surface area contributed by atoms with Crippen molar-refractivity contribution in [3.05, 3.63) is 29.6 Å². The fraction of sp³-hybridized carbons (Fsp3) is 0.300. The second kappa shape index (κ2) is 4.00. The number of H-pyrrole nitrogens is 1. The topological polar surface area (TPSA) is 28.7 Å². The predicted molar refractivity (Wildman–Crippen MR) is 57.9 cm³/mol. The molecule has 0 saturated carbocycles. The molecule has 1 N–H and O–H groups in total. The number of fused-ring (bicyclic) bond motifs is 1. The van der Waals surface area contributed by atoms with Gasteiger partial charge in [0.15, 0.2) is 0 Å². The molecule has 0 atom stereocenters. The molecule has 0 aliphatic carbocycles. The molecule has 4 heteroatoms. The largest absolute Gasteiger partial charge is 0.341 e. The Bertz CT molecular complexity index is 439. The van der Waals surface area contributed by atoms with Crippen LogP contribution >= 0.6 is 12.1 Å². The van der Waals surface area contributed by atoms with Crippen LogP contribution in [-0.2, 0) is 12.2 Å². The number of benzene rings is 1. The summed E-state index contributed by atoms with van der Waals surface area (Å²) >= 11 is 0.286. The van der Waals surface area contributed by atoms with Crippen molar-refractivity contribution in [2.75, 3.05) is 0 Å². The minimum atomic E-state index is 0.286. The molecule has 2 rings (SSSR count). The molecule has 0 radical (unpaired) electrons. The van der Waals surface area contributed by atoms with Crippen molar-refractivity contribution in [1.82, 2.24) is 9.97 Å². The Morgan fingerprint density at radius 2 is 2.36 bits per heavy atom. The first-order valence-electron chi connectivity index (χ1n) is 4.54. The fourth-order valence-electron chi connectivity index (χ4n) is 1.45. The van der Waals surface area contributed by atoms with E-state index in [2.05, 4.69) is 29.0 Å². The maximum Gasteiger partial charge on any atom is 0.119 e. The Kier molecular flexibility index (Phi) is 2.72. The lowest BCUT2D eigenvalue weighted by Crippen LogP contribution is -1.79. The second-order valence-corrected chi connectivity index (χ2v) is 3.65. The number of nitrogens with zero attached hydrogens (tertiary/aromatic N) is 1.